The lowest BCUT2D eigenvalue weighted by atomic mass is 10.1. The van der Waals surface area contributed by atoms with Gasteiger partial charge in [0.2, 0.25) is 0 Å². The van der Waals surface area contributed by atoms with E-state index in [0.29, 0.717) is 28.6 Å². The quantitative estimate of drug-likeness (QED) is 0.273. The van der Waals surface area contributed by atoms with Crippen molar-refractivity contribution >= 4 is 11.7 Å². The first-order valence-corrected chi connectivity index (χ1v) is 9.55. The first kappa shape index (κ1) is 22.6. The van der Waals surface area contributed by atoms with Crippen LogP contribution in [0.5, 0.6) is 17.2 Å². The molecule has 0 atom stereocenters. The third-order valence-corrected chi connectivity index (χ3v) is 4.79. The second-order valence-corrected chi connectivity index (χ2v) is 6.79. The van der Waals surface area contributed by atoms with E-state index in [1.165, 1.54) is 44.6 Å². The molecule has 0 saturated heterocycles. The molecule has 168 valence electrons. The number of ether oxygens (including phenoxy) is 4. The van der Waals surface area contributed by atoms with Crippen LogP contribution in [0.25, 0.3) is 0 Å². The van der Waals surface area contributed by atoms with Crippen LogP contribution in [0.4, 0.5) is 5.69 Å². The summed E-state index contributed by atoms with van der Waals surface area (Å²) in [4.78, 5) is 23.0. The van der Waals surface area contributed by atoms with E-state index in [1.807, 2.05) is 6.92 Å². The maximum atomic E-state index is 12.5. The van der Waals surface area contributed by atoms with Crippen LogP contribution in [-0.2, 0) is 18.0 Å². The van der Waals surface area contributed by atoms with E-state index in [2.05, 4.69) is 5.16 Å². The average Bonchev–Trinajstić information content (AvgIpc) is 3.12. The van der Waals surface area contributed by atoms with E-state index in [9.17, 15) is 14.9 Å². The van der Waals surface area contributed by atoms with Gasteiger partial charge < -0.3 is 23.5 Å². The standard InChI is InChI=1S/C22H22N2O8/c1-13-18(14(2)32-23-13)12-30-20-7-5-15(10-21(20)29-4)22(25)31-11-16-9-17(24(26)27)6-8-19(16)28-3/h5-10H,11-12H2,1-4H3. The smallest absolute Gasteiger partial charge is 0.338 e. The Hall–Kier alpha value is -4.08. The number of hydrogen-bond donors (Lipinski definition) is 0. The highest BCUT2D eigenvalue weighted by molar-refractivity contribution is 5.90. The van der Waals surface area contributed by atoms with E-state index in [1.54, 1.807) is 13.0 Å². The Kier molecular flexibility index (Phi) is 6.93. The van der Waals surface area contributed by atoms with E-state index < -0.39 is 10.9 Å². The predicted octanol–water partition coefficient (Wildman–Crippen LogP) is 4.15. The molecule has 0 fully saturated rings. The molecule has 10 nitrogen and oxygen atoms in total. The van der Waals surface area contributed by atoms with Gasteiger partial charge in [-0.3, -0.25) is 10.1 Å². The van der Waals surface area contributed by atoms with Crippen LogP contribution in [0, 0.1) is 24.0 Å². The van der Waals surface area contributed by atoms with Gasteiger partial charge in [0, 0.05) is 17.7 Å². The predicted molar refractivity (Wildman–Crippen MR) is 112 cm³/mol. The highest BCUT2D eigenvalue weighted by Gasteiger charge is 2.17. The summed E-state index contributed by atoms with van der Waals surface area (Å²) in [7, 11) is 2.89. The Morgan fingerprint density at radius 3 is 2.38 bits per heavy atom. The molecule has 10 heteroatoms. The molecule has 0 aliphatic rings. The van der Waals surface area contributed by atoms with Crippen molar-refractivity contribution in [1.29, 1.82) is 0 Å². The van der Waals surface area contributed by atoms with Crippen molar-refractivity contribution in [2.45, 2.75) is 27.1 Å². The second-order valence-electron chi connectivity index (χ2n) is 6.79. The van der Waals surface area contributed by atoms with Gasteiger partial charge in [0.05, 0.1) is 36.0 Å². The molecule has 0 saturated carbocycles. The van der Waals surface area contributed by atoms with Crippen molar-refractivity contribution in [3.63, 3.8) is 0 Å². The Morgan fingerprint density at radius 1 is 1.03 bits per heavy atom. The number of nitro groups is 1. The fourth-order valence-corrected chi connectivity index (χ4v) is 2.99. The van der Waals surface area contributed by atoms with Crippen LogP contribution >= 0.6 is 0 Å². The molecular weight excluding hydrogens is 420 g/mol. The first-order chi connectivity index (χ1) is 15.3. The molecule has 0 spiro atoms. The normalized spacial score (nSPS) is 10.5. The summed E-state index contributed by atoms with van der Waals surface area (Å²) in [5.74, 6) is 1.19. The Balaban J connectivity index is 1.71. The van der Waals surface area contributed by atoms with Gasteiger partial charge in [-0.25, -0.2) is 4.79 Å². The second kappa shape index (κ2) is 9.82. The minimum absolute atomic E-state index is 0.127. The number of aromatic nitrogens is 1. The van der Waals surface area contributed by atoms with Crippen LogP contribution in [-0.4, -0.2) is 30.3 Å². The molecular formula is C22H22N2O8. The van der Waals surface area contributed by atoms with Crippen molar-refractivity contribution in [2.24, 2.45) is 0 Å². The molecule has 2 aromatic carbocycles. The maximum Gasteiger partial charge on any atom is 0.338 e. The van der Waals surface area contributed by atoms with Gasteiger partial charge in [0.25, 0.3) is 5.69 Å². The van der Waals surface area contributed by atoms with Gasteiger partial charge in [-0.2, -0.15) is 0 Å². The summed E-state index contributed by atoms with van der Waals surface area (Å²) in [5, 5.41) is 14.9. The molecule has 0 radical (unpaired) electrons. The molecule has 3 aromatic rings. The Morgan fingerprint density at radius 2 is 1.75 bits per heavy atom. The lowest BCUT2D eigenvalue weighted by Gasteiger charge is -2.13. The summed E-state index contributed by atoms with van der Waals surface area (Å²) >= 11 is 0. The minimum Gasteiger partial charge on any atom is -0.496 e. The Labute approximate surface area is 183 Å². The topological polar surface area (TPSA) is 123 Å². The number of carbonyl (C=O) groups excluding carboxylic acids is 1. The zero-order valence-corrected chi connectivity index (χ0v) is 18.0. The van der Waals surface area contributed by atoms with Gasteiger partial charge >= 0.3 is 5.97 Å². The fourth-order valence-electron chi connectivity index (χ4n) is 2.99. The molecule has 0 N–H and O–H groups in total. The molecule has 3 rings (SSSR count). The number of methoxy groups -OCH3 is 2. The monoisotopic (exact) mass is 442 g/mol. The van der Waals surface area contributed by atoms with Crippen LogP contribution < -0.4 is 14.2 Å². The van der Waals surface area contributed by atoms with Crippen molar-refractivity contribution in [2.75, 3.05) is 14.2 Å². The Bertz CT molecular complexity index is 1120. The molecule has 32 heavy (non-hydrogen) atoms. The fraction of sp³-hybridized carbons (Fsp3) is 0.273. The van der Waals surface area contributed by atoms with Crippen LogP contribution in [0.1, 0.15) is 32.9 Å². The van der Waals surface area contributed by atoms with Gasteiger partial charge in [-0.15, -0.1) is 0 Å². The molecule has 1 heterocycles. The third kappa shape index (κ3) is 4.97. The van der Waals surface area contributed by atoms with Crippen molar-refractivity contribution in [1.82, 2.24) is 5.16 Å². The summed E-state index contributed by atoms with van der Waals surface area (Å²) in [5.41, 5.74) is 2.05. The molecule has 0 aliphatic heterocycles. The average molecular weight is 442 g/mol. The SMILES string of the molecule is COc1ccc([N+](=O)[O-])cc1COC(=O)c1ccc(OCc2c(C)noc2C)c(OC)c1. The van der Waals surface area contributed by atoms with Gasteiger partial charge in [0.15, 0.2) is 11.5 Å². The molecule has 1 aromatic heterocycles. The van der Waals surface area contributed by atoms with Crippen LogP contribution in [0.15, 0.2) is 40.9 Å². The van der Waals surface area contributed by atoms with Crippen molar-refractivity contribution < 1.29 is 33.2 Å². The zero-order chi connectivity index (χ0) is 23.3. The van der Waals surface area contributed by atoms with Crippen molar-refractivity contribution in [3.8, 4) is 17.2 Å². The number of non-ortho nitro benzene ring substituents is 1. The number of esters is 1. The number of nitro benzene ring substituents is 1. The number of hydrogen-bond acceptors (Lipinski definition) is 9. The van der Waals surface area contributed by atoms with E-state index in [4.69, 9.17) is 23.5 Å². The number of carbonyl (C=O) groups is 1. The summed E-state index contributed by atoms with van der Waals surface area (Å²) in [6, 6.07) is 8.71. The van der Waals surface area contributed by atoms with E-state index in [0.717, 1.165) is 11.3 Å². The number of nitrogens with zero attached hydrogens (tertiary/aromatic N) is 2. The first-order valence-electron chi connectivity index (χ1n) is 9.55. The van der Waals surface area contributed by atoms with Gasteiger partial charge in [0.1, 0.15) is 24.7 Å². The highest BCUT2D eigenvalue weighted by atomic mass is 16.6. The maximum absolute atomic E-state index is 12.5. The number of rotatable bonds is 9. The lowest BCUT2D eigenvalue weighted by molar-refractivity contribution is -0.385. The molecule has 0 bridgehead atoms. The largest absolute Gasteiger partial charge is 0.496 e. The van der Waals surface area contributed by atoms with Crippen LogP contribution in [0.2, 0.25) is 0 Å². The summed E-state index contributed by atoms with van der Waals surface area (Å²) in [6.07, 6.45) is 0. The minimum atomic E-state index is -0.630. The third-order valence-electron chi connectivity index (χ3n) is 4.79. The molecule has 0 unspecified atom stereocenters. The number of benzene rings is 2. The van der Waals surface area contributed by atoms with E-state index in [-0.39, 0.29) is 24.5 Å². The van der Waals surface area contributed by atoms with Gasteiger partial charge in [-0.05, 0) is 38.1 Å². The van der Waals surface area contributed by atoms with E-state index >= 15 is 0 Å². The summed E-state index contributed by atoms with van der Waals surface area (Å²) in [6.45, 7) is 3.65. The highest BCUT2D eigenvalue weighted by Crippen LogP contribution is 2.30. The molecule has 0 aliphatic carbocycles. The zero-order valence-electron chi connectivity index (χ0n) is 18.0. The lowest BCUT2D eigenvalue weighted by Crippen LogP contribution is -2.07. The molecule has 0 amide bonds. The summed E-state index contributed by atoms with van der Waals surface area (Å²) < 4.78 is 26.8. The number of aryl methyl sites for hydroxylation is 2. The van der Waals surface area contributed by atoms with Crippen LogP contribution in [0.3, 0.4) is 0 Å². The van der Waals surface area contributed by atoms with Gasteiger partial charge in [-0.1, -0.05) is 5.16 Å². The van der Waals surface area contributed by atoms with Crippen molar-refractivity contribution in [3.05, 3.63) is 74.7 Å².